The maximum atomic E-state index is 12.8. The Morgan fingerprint density at radius 1 is 1.21 bits per heavy atom. The van der Waals surface area contributed by atoms with E-state index in [1.165, 1.54) is 12.5 Å². The van der Waals surface area contributed by atoms with Gasteiger partial charge in [0.2, 0.25) is 0 Å². The molecular formula is C25H38O4. The number of carbonyl (C=O) groups is 3. The van der Waals surface area contributed by atoms with Gasteiger partial charge < -0.3 is 4.74 Å². The Kier molecular flexibility index (Phi) is 7.29. The van der Waals surface area contributed by atoms with Gasteiger partial charge >= 0.3 is 5.97 Å². The van der Waals surface area contributed by atoms with Crippen molar-refractivity contribution in [3.05, 3.63) is 23.3 Å². The summed E-state index contributed by atoms with van der Waals surface area (Å²) in [5, 5.41) is 0. The minimum Gasteiger partial charge on any atom is -0.459 e. The summed E-state index contributed by atoms with van der Waals surface area (Å²) in [6.07, 6.45) is 9.34. The Balaban J connectivity index is 2.64. The largest absolute Gasteiger partial charge is 0.459 e. The summed E-state index contributed by atoms with van der Waals surface area (Å²) in [5.74, 6) is -0.287. The van der Waals surface area contributed by atoms with Gasteiger partial charge in [-0.3, -0.25) is 14.4 Å². The second-order valence-electron chi connectivity index (χ2n) is 9.83. The molecule has 2 aliphatic rings. The van der Waals surface area contributed by atoms with E-state index in [1.807, 2.05) is 13.0 Å². The molecule has 1 fully saturated rings. The van der Waals surface area contributed by atoms with Gasteiger partial charge in [0, 0.05) is 24.7 Å². The van der Waals surface area contributed by atoms with Crippen molar-refractivity contribution < 1.29 is 19.1 Å². The first-order chi connectivity index (χ1) is 13.5. The van der Waals surface area contributed by atoms with E-state index in [0.717, 1.165) is 32.0 Å². The molecule has 29 heavy (non-hydrogen) atoms. The molecule has 2 aliphatic carbocycles. The third kappa shape index (κ3) is 4.41. The number of ketones is 1. The maximum absolute atomic E-state index is 12.8. The third-order valence-electron chi connectivity index (χ3n) is 7.74. The fourth-order valence-electron chi connectivity index (χ4n) is 6.23. The molecular weight excluding hydrogens is 364 g/mol. The molecule has 4 nitrogen and oxygen atoms in total. The Bertz CT molecular complexity index is 714. The van der Waals surface area contributed by atoms with E-state index < -0.39 is 11.0 Å². The van der Waals surface area contributed by atoms with Crippen LogP contribution in [0.15, 0.2) is 23.3 Å². The average molecular weight is 403 g/mol. The summed E-state index contributed by atoms with van der Waals surface area (Å²) in [5.41, 5.74) is 0.727. The second-order valence-corrected chi connectivity index (χ2v) is 9.83. The monoisotopic (exact) mass is 402 g/mol. The molecule has 1 saturated carbocycles. The van der Waals surface area contributed by atoms with E-state index in [4.69, 9.17) is 4.74 Å². The van der Waals surface area contributed by atoms with Gasteiger partial charge in [-0.2, -0.15) is 0 Å². The Hall–Kier alpha value is -1.71. The predicted octanol–water partition coefficient (Wildman–Crippen LogP) is 5.46. The first kappa shape index (κ1) is 23.6. The van der Waals surface area contributed by atoms with Gasteiger partial charge in [0.15, 0.2) is 0 Å². The van der Waals surface area contributed by atoms with Crippen LogP contribution in [0.4, 0.5) is 0 Å². The molecule has 0 aliphatic heterocycles. The highest BCUT2D eigenvalue weighted by atomic mass is 16.6. The van der Waals surface area contributed by atoms with Crippen molar-refractivity contribution in [2.24, 2.45) is 29.1 Å². The van der Waals surface area contributed by atoms with Crippen LogP contribution in [0, 0.1) is 29.1 Å². The van der Waals surface area contributed by atoms with E-state index >= 15 is 0 Å². The quantitative estimate of drug-likeness (QED) is 0.322. The van der Waals surface area contributed by atoms with E-state index in [1.54, 1.807) is 6.92 Å². The third-order valence-corrected chi connectivity index (χ3v) is 7.74. The number of rotatable bonds is 7. The lowest BCUT2D eigenvalue weighted by Gasteiger charge is -2.54. The van der Waals surface area contributed by atoms with Crippen LogP contribution in [0.3, 0.4) is 0 Å². The zero-order valence-corrected chi connectivity index (χ0v) is 19.2. The number of allylic oxidation sites excluding steroid dienone is 3. The molecule has 0 heterocycles. The minimum atomic E-state index is -0.777. The van der Waals surface area contributed by atoms with Crippen LogP contribution in [-0.2, 0) is 19.1 Å². The van der Waals surface area contributed by atoms with Gasteiger partial charge in [-0.1, -0.05) is 31.6 Å². The summed E-state index contributed by atoms with van der Waals surface area (Å²) in [6.45, 7) is 13.6. The first-order valence-corrected chi connectivity index (χ1v) is 11.0. The molecule has 0 amide bonds. The SMILES string of the molecule is CC(=O)OC1(C)C2CC=C(C=O)C1C(C)(C(C)CCC=C(C)C)C(C(C)=O)CC2. The molecule has 6 unspecified atom stereocenters. The normalized spacial score (nSPS) is 35.0. The topological polar surface area (TPSA) is 60.4 Å². The van der Waals surface area contributed by atoms with Gasteiger partial charge in [0.05, 0.1) is 0 Å². The highest BCUT2D eigenvalue weighted by molar-refractivity contribution is 5.81. The van der Waals surface area contributed by atoms with Crippen molar-refractivity contribution in [1.29, 1.82) is 0 Å². The number of Topliss-reactive ketones (excluding diaryl/α,β-unsaturated/α-hetero) is 1. The number of carbonyl (C=O) groups excluding carboxylic acids is 3. The number of fused-ring (bicyclic) bond motifs is 2. The number of esters is 1. The lowest BCUT2D eigenvalue weighted by atomic mass is 9.52. The summed E-state index contributed by atoms with van der Waals surface area (Å²) < 4.78 is 6.01. The predicted molar refractivity (Wildman–Crippen MR) is 115 cm³/mol. The van der Waals surface area contributed by atoms with E-state index in [2.05, 4.69) is 33.8 Å². The molecule has 0 aromatic rings. The van der Waals surface area contributed by atoms with Crippen LogP contribution in [0.2, 0.25) is 0 Å². The molecule has 2 rings (SSSR count). The van der Waals surface area contributed by atoms with Crippen LogP contribution in [-0.4, -0.2) is 23.6 Å². The molecule has 162 valence electrons. The van der Waals surface area contributed by atoms with Crippen molar-refractivity contribution in [2.75, 3.05) is 0 Å². The van der Waals surface area contributed by atoms with E-state index in [9.17, 15) is 14.4 Å². The fourth-order valence-corrected chi connectivity index (χ4v) is 6.23. The van der Waals surface area contributed by atoms with Crippen LogP contribution in [0.5, 0.6) is 0 Å². The van der Waals surface area contributed by atoms with Gasteiger partial charge in [0.25, 0.3) is 0 Å². The summed E-state index contributed by atoms with van der Waals surface area (Å²) in [7, 11) is 0. The Labute approximate surface area is 176 Å². The number of ether oxygens (including phenoxy) is 1. The molecule has 0 aromatic carbocycles. The Morgan fingerprint density at radius 2 is 1.86 bits per heavy atom. The summed E-state index contributed by atoms with van der Waals surface area (Å²) in [6, 6.07) is 0. The van der Waals surface area contributed by atoms with E-state index in [0.29, 0.717) is 12.0 Å². The molecule has 0 saturated heterocycles. The lowest BCUT2D eigenvalue weighted by molar-refractivity contribution is -0.179. The lowest BCUT2D eigenvalue weighted by Crippen LogP contribution is -2.57. The van der Waals surface area contributed by atoms with Crippen LogP contribution < -0.4 is 0 Å². The Morgan fingerprint density at radius 3 is 2.38 bits per heavy atom. The number of hydrogen-bond donors (Lipinski definition) is 0. The van der Waals surface area contributed by atoms with Crippen molar-refractivity contribution in [1.82, 2.24) is 0 Å². The molecule has 0 spiro atoms. The van der Waals surface area contributed by atoms with Crippen LogP contribution >= 0.6 is 0 Å². The van der Waals surface area contributed by atoms with E-state index in [-0.39, 0.29) is 35.4 Å². The van der Waals surface area contributed by atoms with Crippen molar-refractivity contribution in [3.8, 4) is 0 Å². The highest BCUT2D eigenvalue weighted by Crippen LogP contribution is 2.60. The number of hydrogen-bond acceptors (Lipinski definition) is 4. The zero-order valence-electron chi connectivity index (χ0n) is 19.2. The second kappa shape index (κ2) is 8.97. The fraction of sp³-hybridized carbons (Fsp3) is 0.720. The molecule has 0 radical (unpaired) electrons. The first-order valence-electron chi connectivity index (χ1n) is 11.0. The molecule has 0 N–H and O–H groups in total. The summed E-state index contributed by atoms with van der Waals surface area (Å²) >= 11 is 0. The van der Waals surface area contributed by atoms with Gasteiger partial charge in [-0.15, -0.1) is 0 Å². The van der Waals surface area contributed by atoms with Crippen molar-refractivity contribution in [3.63, 3.8) is 0 Å². The molecule has 6 atom stereocenters. The van der Waals surface area contributed by atoms with Crippen molar-refractivity contribution in [2.45, 2.75) is 86.2 Å². The minimum absolute atomic E-state index is 0.119. The standard InChI is InChI=1S/C25H38O4/c1-16(2)9-8-10-17(3)24(6)22(18(4)27)14-13-21-12-11-20(15-26)23(24)25(21,7)29-19(5)28/h9,11,15,17,21-23H,8,10,12-14H2,1-7H3. The maximum Gasteiger partial charge on any atom is 0.303 e. The van der Waals surface area contributed by atoms with Gasteiger partial charge in [-0.05, 0) is 76.7 Å². The summed E-state index contributed by atoms with van der Waals surface area (Å²) in [4.78, 5) is 37.1. The van der Waals surface area contributed by atoms with Crippen LogP contribution in [0.1, 0.15) is 80.6 Å². The number of aldehydes is 1. The van der Waals surface area contributed by atoms with Crippen molar-refractivity contribution >= 4 is 18.0 Å². The van der Waals surface area contributed by atoms with Gasteiger partial charge in [-0.25, -0.2) is 0 Å². The van der Waals surface area contributed by atoms with Crippen LogP contribution in [0.25, 0.3) is 0 Å². The average Bonchev–Trinajstić information content (AvgIpc) is 2.65. The highest BCUT2D eigenvalue weighted by Gasteiger charge is 2.61. The molecule has 4 heteroatoms. The smallest absolute Gasteiger partial charge is 0.303 e. The molecule has 2 bridgehead atoms. The zero-order chi connectivity index (χ0) is 22.0. The van der Waals surface area contributed by atoms with Gasteiger partial charge in [0.1, 0.15) is 17.7 Å². The molecule has 0 aromatic heterocycles.